The molecule has 0 saturated heterocycles. The second-order valence-corrected chi connectivity index (χ2v) is 4.15. The van der Waals surface area contributed by atoms with E-state index in [1.807, 2.05) is 6.92 Å². The second kappa shape index (κ2) is 6.80. The van der Waals surface area contributed by atoms with Crippen molar-refractivity contribution in [2.24, 2.45) is 11.7 Å². The molecule has 0 heterocycles. The van der Waals surface area contributed by atoms with Crippen LogP contribution in [0.5, 0.6) is 0 Å². The number of carbonyl (C=O) groups excluding carboxylic acids is 1. The van der Waals surface area contributed by atoms with E-state index in [4.69, 9.17) is 10.5 Å². The normalized spacial score (nSPS) is 25.5. The molecule has 0 spiro atoms. The van der Waals surface area contributed by atoms with Gasteiger partial charge in [0.1, 0.15) is 6.61 Å². The highest BCUT2D eigenvalue weighted by Gasteiger charge is 2.26. The van der Waals surface area contributed by atoms with E-state index in [-0.39, 0.29) is 18.6 Å². The number of carbonyl (C=O) groups is 1. The van der Waals surface area contributed by atoms with Crippen molar-refractivity contribution >= 4 is 5.91 Å². The molecule has 15 heavy (non-hydrogen) atoms. The molecule has 3 N–H and O–H groups in total. The quantitative estimate of drug-likeness (QED) is 0.638. The lowest BCUT2D eigenvalue weighted by atomic mass is 10.0. The van der Waals surface area contributed by atoms with Crippen LogP contribution in [0.2, 0.25) is 0 Å². The Labute approximate surface area is 91.5 Å². The van der Waals surface area contributed by atoms with Gasteiger partial charge in [0.2, 0.25) is 5.91 Å². The third-order valence-corrected chi connectivity index (χ3v) is 2.89. The van der Waals surface area contributed by atoms with E-state index in [1.165, 1.54) is 6.42 Å². The average Bonchev–Trinajstić information content (AvgIpc) is 2.65. The van der Waals surface area contributed by atoms with Gasteiger partial charge in [-0.05, 0) is 31.7 Å². The van der Waals surface area contributed by atoms with Gasteiger partial charge in [0, 0.05) is 12.6 Å². The number of hydrogen-bond donors (Lipinski definition) is 2. The number of nitrogens with two attached hydrogens (primary N) is 1. The van der Waals surface area contributed by atoms with E-state index in [0.717, 1.165) is 19.3 Å². The molecule has 0 radical (unpaired) electrons. The molecule has 0 bridgehead atoms. The van der Waals surface area contributed by atoms with Crippen molar-refractivity contribution in [3.8, 4) is 0 Å². The molecule has 0 aliphatic heterocycles. The Morgan fingerprint density at radius 3 is 3.00 bits per heavy atom. The van der Waals surface area contributed by atoms with Crippen molar-refractivity contribution in [1.82, 2.24) is 5.32 Å². The molecule has 1 aliphatic carbocycles. The second-order valence-electron chi connectivity index (χ2n) is 4.15. The van der Waals surface area contributed by atoms with Gasteiger partial charge in [-0.1, -0.05) is 13.3 Å². The van der Waals surface area contributed by atoms with Crippen molar-refractivity contribution in [2.75, 3.05) is 19.8 Å². The van der Waals surface area contributed by atoms with Crippen LogP contribution in [0.3, 0.4) is 0 Å². The minimum Gasteiger partial charge on any atom is -0.372 e. The average molecular weight is 214 g/mol. The van der Waals surface area contributed by atoms with Gasteiger partial charge in [-0.25, -0.2) is 0 Å². The number of nitrogens with one attached hydrogen (secondary N) is 1. The molecule has 1 rings (SSSR count). The molecule has 1 amide bonds. The first-order chi connectivity index (χ1) is 7.27. The van der Waals surface area contributed by atoms with E-state index in [2.05, 4.69) is 5.32 Å². The fourth-order valence-electron chi connectivity index (χ4n) is 2.07. The zero-order chi connectivity index (χ0) is 11.1. The fraction of sp³-hybridized carbons (Fsp3) is 0.909. The summed E-state index contributed by atoms with van der Waals surface area (Å²) < 4.78 is 5.18. The van der Waals surface area contributed by atoms with Crippen LogP contribution in [0.4, 0.5) is 0 Å². The molecule has 1 fully saturated rings. The Bertz CT molecular complexity index is 197. The lowest BCUT2D eigenvalue weighted by Crippen LogP contribution is -2.41. The largest absolute Gasteiger partial charge is 0.372 e. The van der Waals surface area contributed by atoms with Crippen LogP contribution in [0.25, 0.3) is 0 Å². The van der Waals surface area contributed by atoms with Crippen molar-refractivity contribution < 1.29 is 9.53 Å². The highest BCUT2D eigenvalue weighted by atomic mass is 16.5. The van der Waals surface area contributed by atoms with Gasteiger partial charge >= 0.3 is 0 Å². The number of amides is 1. The zero-order valence-electron chi connectivity index (χ0n) is 9.50. The van der Waals surface area contributed by atoms with Gasteiger partial charge in [-0.2, -0.15) is 0 Å². The summed E-state index contributed by atoms with van der Waals surface area (Å²) in [6, 6.07) is 0.271. The van der Waals surface area contributed by atoms with Crippen LogP contribution < -0.4 is 11.1 Å². The molecular formula is C11H22N2O2. The lowest BCUT2D eigenvalue weighted by Gasteiger charge is -2.19. The van der Waals surface area contributed by atoms with E-state index >= 15 is 0 Å². The van der Waals surface area contributed by atoms with E-state index in [9.17, 15) is 4.79 Å². The first-order valence-corrected chi connectivity index (χ1v) is 5.85. The summed E-state index contributed by atoms with van der Waals surface area (Å²) in [5.74, 6) is 0.453. The van der Waals surface area contributed by atoms with Crippen molar-refractivity contribution in [3.63, 3.8) is 0 Å². The molecule has 0 aromatic heterocycles. The lowest BCUT2D eigenvalue weighted by molar-refractivity contribution is -0.126. The van der Waals surface area contributed by atoms with Gasteiger partial charge in [0.05, 0.1) is 0 Å². The summed E-state index contributed by atoms with van der Waals surface area (Å²) in [6.45, 7) is 3.53. The summed E-state index contributed by atoms with van der Waals surface area (Å²) in [6.07, 6.45) is 4.31. The monoisotopic (exact) mass is 214 g/mol. The first-order valence-electron chi connectivity index (χ1n) is 5.85. The maximum atomic E-state index is 11.5. The van der Waals surface area contributed by atoms with E-state index in [0.29, 0.717) is 19.1 Å². The van der Waals surface area contributed by atoms with Gasteiger partial charge in [-0.3, -0.25) is 4.79 Å². The van der Waals surface area contributed by atoms with Crippen LogP contribution in [0.15, 0.2) is 0 Å². The highest BCUT2D eigenvalue weighted by Crippen LogP contribution is 2.24. The smallest absolute Gasteiger partial charge is 0.246 e. The Hall–Kier alpha value is -0.610. The maximum Gasteiger partial charge on any atom is 0.246 e. The number of rotatable bonds is 6. The number of ether oxygens (including phenoxy) is 1. The minimum atomic E-state index is -0.00574. The van der Waals surface area contributed by atoms with Crippen molar-refractivity contribution in [2.45, 2.75) is 38.6 Å². The predicted octanol–water partition coefficient (Wildman–Crippen LogP) is 0.657. The third kappa shape index (κ3) is 4.18. The predicted molar refractivity (Wildman–Crippen MR) is 59.4 cm³/mol. The van der Waals surface area contributed by atoms with Crippen LogP contribution in [0, 0.1) is 5.92 Å². The van der Waals surface area contributed by atoms with Gasteiger partial charge in [0.15, 0.2) is 0 Å². The van der Waals surface area contributed by atoms with Crippen LogP contribution in [0.1, 0.15) is 32.6 Å². The molecule has 2 unspecified atom stereocenters. The standard InChI is InChI=1S/C11H22N2O2/c1-2-6-15-8-11(14)13-10-5-3-4-9(10)7-12/h9-10H,2-8,12H2,1H3,(H,13,14). The van der Waals surface area contributed by atoms with Crippen molar-refractivity contribution in [1.29, 1.82) is 0 Å². The van der Waals surface area contributed by atoms with Crippen molar-refractivity contribution in [3.05, 3.63) is 0 Å². The van der Waals surface area contributed by atoms with Gasteiger partial charge in [-0.15, -0.1) is 0 Å². The van der Waals surface area contributed by atoms with Gasteiger partial charge in [0.25, 0.3) is 0 Å². The topological polar surface area (TPSA) is 64.3 Å². The molecule has 1 saturated carbocycles. The third-order valence-electron chi connectivity index (χ3n) is 2.89. The Morgan fingerprint density at radius 1 is 1.53 bits per heavy atom. The van der Waals surface area contributed by atoms with Crippen LogP contribution in [-0.2, 0) is 9.53 Å². The molecule has 0 aromatic rings. The van der Waals surface area contributed by atoms with Crippen LogP contribution in [-0.4, -0.2) is 31.7 Å². The molecule has 4 nitrogen and oxygen atoms in total. The Morgan fingerprint density at radius 2 is 2.33 bits per heavy atom. The number of hydrogen-bond acceptors (Lipinski definition) is 3. The Balaban J connectivity index is 2.19. The fourth-order valence-corrected chi connectivity index (χ4v) is 2.07. The maximum absolute atomic E-state index is 11.5. The summed E-state index contributed by atoms with van der Waals surface area (Å²) in [5, 5.41) is 2.99. The van der Waals surface area contributed by atoms with Gasteiger partial charge < -0.3 is 15.8 Å². The van der Waals surface area contributed by atoms with Crippen LogP contribution >= 0.6 is 0 Å². The summed E-state index contributed by atoms with van der Waals surface area (Å²) >= 11 is 0. The SMILES string of the molecule is CCCOCC(=O)NC1CCCC1CN. The van der Waals surface area contributed by atoms with E-state index in [1.54, 1.807) is 0 Å². The molecule has 4 heteroatoms. The minimum absolute atomic E-state index is 0.00574. The summed E-state index contributed by atoms with van der Waals surface area (Å²) in [4.78, 5) is 11.5. The molecular weight excluding hydrogens is 192 g/mol. The molecule has 88 valence electrons. The van der Waals surface area contributed by atoms with E-state index < -0.39 is 0 Å². The highest BCUT2D eigenvalue weighted by molar-refractivity contribution is 5.77. The first kappa shape index (κ1) is 12.5. The molecule has 0 aromatic carbocycles. The summed E-state index contributed by atoms with van der Waals surface area (Å²) in [7, 11) is 0. The summed E-state index contributed by atoms with van der Waals surface area (Å²) in [5.41, 5.74) is 5.64. The molecule has 2 atom stereocenters. The Kier molecular flexibility index (Phi) is 5.65. The zero-order valence-corrected chi connectivity index (χ0v) is 9.50. The molecule has 1 aliphatic rings.